The maximum atomic E-state index is 12.0. The number of hydrogen-bond acceptors (Lipinski definition) is 3. The third-order valence-electron chi connectivity index (χ3n) is 3.09. The van der Waals surface area contributed by atoms with Crippen LogP contribution in [0.3, 0.4) is 0 Å². The molecule has 3 N–H and O–H groups in total. The zero-order valence-electron chi connectivity index (χ0n) is 10.2. The number of nitrogens with one attached hydrogen (secondary N) is 3. The molecule has 1 aromatic heterocycles. The fraction of sp³-hybridized carbons (Fsp3) is 0.636. The molecule has 6 heteroatoms. The van der Waals surface area contributed by atoms with Gasteiger partial charge in [-0.15, -0.1) is 0 Å². The minimum atomic E-state index is -3.35. The third kappa shape index (κ3) is 2.88. The fourth-order valence-corrected chi connectivity index (χ4v) is 3.43. The lowest BCUT2D eigenvalue weighted by molar-refractivity contribution is 0.270. The smallest absolute Gasteiger partial charge is 0.242 e. The Kier molecular flexibility index (Phi) is 3.56. The maximum Gasteiger partial charge on any atom is 0.242 e. The van der Waals surface area contributed by atoms with Crippen LogP contribution in [0.1, 0.15) is 25.5 Å². The summed E-state index contributed by atoms with van der Waals surface area (Å²) in [6, 6.07) is 1.78. The molecule has 0 aliphatic heterocycles. The molecule has 1 fully saturated rings. The van der Waals surface area contributed by atoms with Crippen molar-refractivity contribution in [1.29, 1.82) is 0 Å². The molecule has 2 rings (SSSR count). The first-order chi connectivity index (χ1) is 8.01. The summed E-state index contributed by atoms with van der Waals surface area (Å²) in [5.74, 6) is 0.633. The van der Waals surface area contributed by atoms with Crippen molar-refractivity contribution in [2.24, 2.45) is 5.92 Å². The Labute approximate surface area is 102 Å². The lowest BCUT2D eigenvalue weighted by atomic mass is 9.83. The second kappa shape index (κ2) is 4.80. The summed E-state index contributed by atoms with van der Waals surface area (Å²) in [4.78, 5) is 3.27. The molecule has 5 nitrogen and oxygen atoms in total. The number of aromatic nitrogens is 1. The summed E-state index contributed by atoms with van der Waals surface area (Å²) in [6.45, 7) is 2.77. The van der Waals surface area contributed by atoms with Crippen molar-refractivity contribution in [1.82, 2.24) is 15.0 Å². The molecular formula is C11H19N3O2S. The van der Waals surface area contributed by atoms with Crippen LogP contribution in [0.5, 0.6) is 0 Å². The van der Waals surface area contributed by atoms with Gasteiger partial charge in [-0.2, -0.15) is 0 Å². The molecule has 0 amide bonds. The number of rotatable bonds is 5. The van der Waals surface area contributed by atoms with E-state index in [0.29, 0.717) is 17.4 Å². The average Bonchev–Trinajstić information content (AvgIpc) is 2.65. The minimum absolute atomic E-state index is 0.109. The average molecular weight is 257 g/mol. The van der Waals surface area contributed by atoms with Gasteiger partial charge in [-0.25, -0.2) is 13.1 Å². The highest BCUT2D eigenvalue weighted by atomic mass is 32.2. The lowest BCUT2D eigenvalue weighted by Crippen LogP contribution is -2.43. The lowest BCUT2D eigenvalue weighted by Gasteiger charge is -2.32. The summed E-state index contributed by atoms with van der Waals surface area (Å²) < 4.78 is 26.7. The first-order valence-corrected chi connectivity index (χ1v) is 7.34. The highest BCUT2D eigenvalue weighted by Gasteiger charge is 2.30. The van der Waals surface area contributed by atoms with Crippen LogP contribution in [0, 0.1) is 5.92 Å². The Balaban J connectivity index is 2.03. The number of aromatic amines is 1. The summed E-state index contributed by atoms with van der Waals surface area (Å²) in [5, 5.41) is 2.97. The Morgan fingerprint density at radius 1 is 1.47 bits per heavy atom. The van der Waals surface area contributed by atoms with Gasteiger partial charge in [-0.05, 0) is 31.9 Å². The van der Waals surface area contributed by atoms with Gasteiger partial charge in [0.25, 0.3) is 0 Å². The van der Waals surface area contributed by atoms with Crippen LogP contribution in [0.15, 0.2) is 17.2 Å². The predicted octanol–water partition coefficient (Wildman–Crippen LogP) is 0.811. The minimum Gasteiger partial charge on any atom is -0.363 e. The molecule has 0 unspecified atom stereocenters. The van der Waals surface area contributed by atoms with Gasteiger partial charge < -0.3 is 10.3 Å². The van der Waals surface area contributed by atoms with Gasteiger partial charge in [0.1, 0.15) is 0 Å². The fourth-order valence-electron chi connectivity index (χ4n) is 2.15. The van der Waals surface area contributed by atoms with Crippen molar-refractivity contribution in [3.63, 3.8) is 0 Å². The highest BCUT2D eigenvalue weighted by Crippen LogP contribution is 2.27. The van der Waals surface area contributed by atoms with E-state index in [9.17, 15) is 8.42 Å². The van der Waals surface area contributed by atoms with E-state index in [0.717, 1.165) is 18.5 Å². The molecule has 0 atom stereocenters. The number of sulfonamides is 1. The van der Waals surface area contributed by atoms with Crippen LogP contribution in [0.25, 0.3) is 0 Å². The van der Waals surface area contributed by atoms with E-state index >= 15 is 0 Å². The maximum absolute atomic E-state index is 12.0. The highest BCUT2D eigenvalue weighted by molar-refractivity contribution is 7.89. The Morgan fingerprint density at radius 3 is 2.76 bits per heavy atom. The normalized spacial score (nSPS) is 24.6. The molecule has 1 aliphatic carbocycles. The van der Waals surface area contributed by atoms with E-state index in [1.807, 2.05) is 7.05 Å². The molecular weight excluding hydrogens is 238 g/mol. The summed E-state index contributed by atoms with van der Waals surface area (Å²) in [6.07, 6.45) is 3.41. The molecule has 1 aliphatic rings. The van der Waals surface area contributed by atoms with Crippen molar-refractivity contribution in [2.75, 3.05) is 7.05 Å². The van der Waals surface area contributed by atoms with Crippen molar-refractivity contribution in [3.05, 3.63) is 18.0 Å². The first-order valence-electron chi connectivity index (χ1n) is 5.85. The van der Waals surface area contributed by atoms with Gasteiger partial charge in [0.2, 0.25) is 10.0 Å². The standard InChI is InChI=1S/C11H19N3O2S/c1-8-3-9(4-8)14-17(15,16)11-5-10(6-12-2)13-7-11/h5,7-9,12-14H,3-4,6H2,1-2H3. The van der Waals surface area contributed by atoms with E-state index in [1.165, 1.54) is 6.20 Å². The first kappa shape index (κ1) is 12.6. The summed E-state index contributed by atoms with van der Waals surface area (Å²) in [5.41, 5.74) is 0.870. The van der Waals surface area contributed by atoms with Crippen molar-refractivity contribution in [2.45, 2.75) is 37.2 Å². The van der Waals surface area contributed by atoms with Crippen LogP contribution in [0.2, 0.25) is 0 Å². The zero-order chi connectivity index (χ0) is 12.5. The van der Waals surface area contributed by atoms with Crippen LogP contribution < -0.4 is 10.0 Å². The van der Waals surface area contributed by atoms with Gasteiger partial charge in [0.05, 0.1) is 4.90 Å². The quantitative estimate of drug-likeness (QED) is 0.731. The molecule has 96 valence electrons. The summed E-state index contributed by atoms with van der Waals surface area (Å²) >= 11 is 0. The van der Waals surface area contributed by atoms with Gasteiger partial charge in [0, 0.05) is 24.5 Å². The second-order valence-corrected chi connectivity index (χ2v) is 6.50. The van der Waals surface area contributed by atoms with Gasteiger partial charge in [-0.1, -0.05) is 6.92 Å². The van der Waals surface area contributed by atoms with Crippen LogP contribution in [-0.4, -0.2) is 26.5 Å². The monoisotopic (exact) mass is 257 g/mol. The Morgan fingerprint density at radius 2 is 2.18 bits per heavy atom. The molecule has 0 radical (unpaired) electrons. The van der Waals surface area contributed by atoms with Crippen LogP contribution in [0.4, 0.5) is 0 Å². The predicted molar refractivity (Wildman–Crippen MR) is 66.1 cm³/mol. The number of H-pyrrole nitrogens is 1. The van der Waals surface area contributed by atoms with E-state index < -0.39 is 10.0 Å². The molecule has 1 aromatic rings. The van der Waals surface area contributed by atoms with Crippen LogP contribution >= 0.6 is 0 Å². The van der Waals surface area contributed by atoms with Crippen LogP contribution in [-0.2, 0) is 16.6 Å². The van der Waals surface area contributed by atoms with Crippen molar-refractivity contribution >= 4 is 10.0 Å². The molecule has 17 heavy (non-hydrogen) atoms. The summed E-state index contributed by atoms with van der Waals surface area (Å²) in [7, 11) is -1.53. The van der Waals surface area contributed by atoms with Gasteiger partial charge >= 0.3 is 0 Å². The van der Waals surface area contributed by atoms with Gasteiger partial charge in [-0.3, -0.25) is 0 Å². The SMILES string of the molecule is CNCc1cc(S(=O)(=O)NC2CC(C)C2)c[nH]1. The molecule has 1 saturated carbocycles. The molecule has 0 bridgehead atoms. The van der Waals surface area contributed by atoms with Crippen molar-refractivity contribution in [3.8, 4) is 0 Å². The largest absolute Gasteiger partial charge is 0.363 e. The topological polar surface area (TPSA) is 74.0 Å². The molecule has 0 spiro atoms. The van der Waals surface area contributed by atoms with Gasteiger partial charge in [0.15, 0.2) is 0 Å². The van der Waals surface area contributed by atoms with E-state index in [4.69, 9.17) is 0 Å². The van der Waals surface area contributed by atoms with E-state index in [2.05, 4.69) is 21.9 Å². The second-order valence-electron chi connectivity index (χ2n) is 4.79. The zero-order valence-corrected chi connectivity index (χ0v) is 11.0. The van der Waals surface area contributed by atoms with E-state index in [-0.39, 0.29) is 6.04 Å². The Hall–Kier alpha value is -0.850. The van der Waals surface area contributed by atoms with Crippen molar-refractivity contribution < 1.29 is 8.42 Å². The molecule has 0 saturated heterocycles. The Bertz CT molecular complexity index is 475. The van der Waals surface area contributed by atoms with E-state index in [1.54, 1.807) is 6.07 Å². The third-order valence-corrected chi connectivity index (χ3v) is 4.59. The number of hydrogen-bond donors (Lipinski definition) is 3. The molecule has 1 heterocycles. The molecule has 0 aromatic carbocycles.